The predicted octanol–water partition coefficient (Wildman–Crippen LogP) is 1.03. The lowest BCUT2D eigenvalue weighted by molar-refractivity contribution is 0.673. The first-order valence-corrected chi connectivity index (χ1v) is 5.80. The van der Waals surface area contributed by atoms with Crippen molar-refractivity contribution in [2.24, 2.45) is 0 Å². The highest BCUT2D eigenvalue weighted by Gasteiger charge is 2.03. The second-order valence-electron chi connectivity index (χ2n) is 3.85. The van der Waals surface area contributed by atoms with Crippen LogP contribution in [0.5, 0.6) is 0 Å². The van der Waals surface area contributed by atoms with Crippen LogP contribution in [0.15, 0.2) is 24.8 Å². The lowest BCUT2D eigenvalue weighted by atomic mass is 10.2. The van der Waals surface area contributed by atoms with E-state index in [0.717, 1.165) is 30.8 Å². The summed E-state index contributed by atoms with van der Waals surface area (Å²) in [4.78, 5) is 8.03. The molecule has 6 nitrogen and oxygen atoms in total. The van der Waals surface area contributed by atoms with Gasteiger partial charge in [-0.15, -0.1) is 5.10 Å². The van der Waals surface area contributed by atoms with Crippen molar-refractivity contribution < 1.29 is 0 Å². The van der Waals surface area contributed by atoms with E-state index in [1.165, 1.54) is 6.33 Å². The van der Waals surface area contributed by atoms with E-state index in [4.69, 9.17) is 5.26 Å². The van der Waals surface area contributed by atoms with Crippen molar-refractivity contribution in [1.29, 1.82) is 5.26 Å². The van der Waals surface area contributed by atoms with Gasteiger partial charge < -0.3 is 5.32 Å². The molecule has 0 aliphatic rings. The lowest BCUT2D eigenvalue weighted by Crippen LogP contribution is -2.14. The minimum atomic E-state index is 0.157. The molecule has 2 rings (SSSR count). The van der Waals surface area contributed by atoms with E-state index in [1.807, 2.05) is 18.3 Å². The van der Waals surface area contributed by atoms with Gasteiger partial charge in [0.15, 0.2) is 0 Å². The molecule has 0 saturated heterocycles. The summed E-state index contributed by atoms with van der Waals surface area (Å²) in [7, 11) is 0. The Hall–Kier alpha value is -2.26. The van der Waals surface area contributed by atoms with Crippen LogP contribution >= 0.6 is 0 Å². The summed E-state index contributed by atoms with van der Waals surface area (Å²) < 4.78 is 1.55. The zero-order valence-electron chi connectivity index (χ0n) is 10.2. The summed E-state index contributed by atoms with van der Waals surface area (Å²) in [6, 6.07) is 3.88. The molecule has 18 heavy (non-hydrogen) atoms. The minimum absolute atomic E-state index is 0.157. The molecule has 0 radical (unpaired) electrons. The van der Waals surface area contributed by atoms with Crippen LogP contribution in [-0.2, 0) is 6.54 Å². The standard InChI is InChI=1S/C12H14N6/c1-2-3-14-6-10-4-11(8-15-7-10)18-9-16-12(5-13)17-18/h4,7-9,14H,2-3,6H2,1H3. The summed E-state index contributed by atoms with van der Waals surface area (Å²) in [5, 5.41) is 16.0. The van der Waals surface area contributed by atoms with Crippen LogP contribution in [0.2, 0.25) is 0 Å². The fourth-order valence-corrected chi connectivity index (χ4v) is 1.54. The van der Waals surface area contributed by atoms with E-state index in [2.05, 4.69) is 27.3 Å². The number of nitrogens with zero attached hydrogens (tertiary/aromatic N) is 5. The number of nitrogens with one attached hydrogen (secondary N) is 1. The molecule has 0 unspecified atom stereocenters. The Morgan fingerprint density at radius 3 is 3.06 bits per heavy atom. The average Bonchev–Trinajstić information content (AvgIpc) is 2.88. The van der Waals surface area contributed by atoms with Gasteiger partial charge in [0.2, 0.25) is 0 Å². The molecule has 0 aromatic carbocycles. The third-order valence-electron chi connectivity index (χ3n) is 2.39. The van der Waals surface area contributed by atoms with Gasteiger partial charge in [0.1, 0.15) is 12.4 Å². The summed E-state index contributed by atoms with van der Waals surface area (Å²) in [5.74, 6) is 0.157. The molecule has 0 fully saturated rings. The molecule has 92 valence electrons. The summed E-state index contributed by atoms with van der Waals surface area (Å²) >= 11 is 0. The van der Waals surface area contributed by atoms with Crippen LogP contribution in [0, 0.1) is 11.3 Å². The van der Waals surface area contributed by atoms with Gasteiger partial charge in [-0.1, -0.05) is 6.92 Å². The van der Waals surface area contributed by atoms with Gasteiger partial charge in [0, 0.05) is 12.7 Å². The highest BCUT2D eigenvalue weighted by molar-refractivity contribution is 5.31. The molecule has 0 amide bonds. The van der Waals surface area contributed by atoms with Crippen molar-refractivity contribution in [2.75, 3.05) is 6.54 Å². The van der Waals surface area contributed by atoms with Gasteiger partial charge in [-0.25, -0.2) is 9.67 Å². The molecule has 0 atom stereocenters. The second kappa shape index (κ2) is 5.89. The summed E-state index contributed by atoms with van der Waals surface area (Å²) in [5.41, 5.74) is 1.88. The first kappa shape index (κ1) is 12.2. The van der Waals surface area contributed by atoms with Crippen molar-refractivity contribution in [3.63, 3.8) is 0 Å². The Balaban J connectivity index is 2.14. The zero-order chi connectivity index (χ0) is 12.8. The Labute approximate surface area is 105 Å². The predicted molar refractivity (Wildman–Crippen MR) is 65.9 cm³/mol. The molecule has 0 aliphatic heterocycles. The zero-order valence-corrected chi connectivity index (χ0v) is 10.2. The molecular weight excluding hydrogens is 228 g/mol. The SMILES string of the molecule is CCCNCc1cncc(-n2cnc(C#N)n2)c1. The molecule has 0 spiro atoms. The van der Waals surface area contributed by atoms with Gasteiger partial charge in [0.05, 0.1) is 11.9 Å². The van der Waals surface area contributed by atoms with Crippen LogP contribution in [-0.4, -0.2) is 26.3 Å². The van der Waals surface area contributed by atoms with E-state index >= 15 is 0 Å². The Kier molecular flexibility index (Phi) is 3.99. The van der Waals surface area contributed by atoms with Gasteiger partial charge >= 0.3 is 0 Å². The molecule has 2 aromatic rings. The lowest BCUT2D eigenvalue weighted by Gasteiger charge is -2.05. The maximum atomic E-state index is 8.68. The van der Waals surface area contributed by atoms with Crippen molar-refractivity contribution >= 4 is 0 Å². The van der Waals surface area contributed by atoms with E-state index < -0.39 is 0 Å². The van der Waals surface area contributed by atoms with Gasteiger partial charge in [0.25, 0.3) is 5.82 Å². The number of hydrogen-bond donors (Lipinski definition) is 1. The summed E-state index contributed by atoms with van der Waals surface area (Å²) in [6.07, 6.45) is 6.12. The molecule has 2 aromatic heterocycles. The first-order chi connectivity index (χ1) is 8.83. The third-order valence-corrected chi connectivity index (χ3v) is 2.39. The smallest absolute Gasteiger partial charge is 0.252 e. The minimum Gasteiger partial charge on any atom is -0.313 e. The van der Waals surface area contributed by atoms with E-state index in [9.17, 15) is 0 Å². The fraction of sp³-hybridized carbons (Fsp3) is 0.333. The fourth-order valence-electron chi connectivity index (χ4n) is 1.54. The molecule has 6 heteroatoms. The quantitative estimate of drug-likeness (QED) is 0.792. The van der Waals surface area contributed by atoms with Gasteiger partial charge in [-0.05, 0) is 24.6 Å². The normalized spacial score (nSPS) is 10.2. The van der Waals surface area contributed by atoms with Crippen LogP contribution < -0.4 is 5.32 Å². The van der Waals surface area contributed by atoms with Crippen LogP contribution in [0.4, 0.5) is 0 Å². The Bertz CT molecular complexity index is 554. The van der Waals surface area contributed by atoms with E-state index in [-0.39, 0.29) is 5.82 Å². The van der Waals surface area contributed by atoms with Gasteiger partial charge in [-0.3, -0.25) is 4.98 Å². The largest absolute Gasteiger partial charge is 0.313 e. The van der Waals surface area contributed by atoms with E-state index in [1.54, 1.807) is 10.9 Å². The highest BCUT2D eigenvalue weighted by Crippen LogP contribution is 2.07. The molecule has 2 heterocycles. The Morgan fingerprint density at radius 2 is 2.33 bits per heavy atom. The van der Waals surface area contributed by atoms with Gasteiger partial charge in [-0.2, -0.15) is 5.26 Å². The number of nitriles is 1. The molecule has 1 N–H and O–H groups in total. The average molecular weight is 242 g/mol. The maximum absolute atomic E-state index is 8.68. The van der Waals surface area contributed by atoms with Crippen molar-refractivity contribution in [2.45, 2.75) is 19.9 Å². The topological polar surface area (TPSA) is 79.4 Å². The van der Waals surface area contributed by atoms with Crippen LogP contribution in [0.25, 0.3) is 5.69 Å². The number of aromatic nitrogens is 4. The highest BCUT2D eigenvalue weighted by atomic mass is 15.3. The maximum Gasteiger partial charge on any atom is 0.252 e. The molecule has 0 bridgehead atoms. The first-order valence-electron chi connectivity index (χ1n) is 5.80. The van der Waals surface area contributed by atoms with E-state index in [0.29, 0.717) is 0 Å². The molecular formula is C12H14N6. The second-order valence-corrected chi connectivity index (χ2v) is 3.85. The third kappa shape index (κ3) is 2.90. The number of pyridine rings is 1. The molecule has 0 aliphatic carbocycles. The number of hydrogen-bond acceptors (Lipinski definition) is 5. The van der Waals surface area contributed by atoms with Crippen molar-refractivity contribution in [3.05, 3.63) is 36.2 Å². The van der Waals surface area contributed by atoms with Crippen molar-refractivity contribution in [3.8, 4) is 11.8 Å². The monoisotopic (exact) mass is 242 g/mol. The van der Waals surface area contributed by atoms with Crippen LogP contribution in [0.3, 0.4) is 0 Å². The van der Waals surface area contributed by atoms with Crippen LogP contribution in [0.1, 0.15) is 24.7 Å². The molecule has 0 saturated carbocycles. The number of rotatable bonds is 5. The Morgan fingerprint density at radius 1 is 1.44 bits per heavy atom. The summed E-state index contributed by atoms with van der Waals surface area (Å²) in [6.45, 7) is 3.88. The van der Waals surface area contributed by atoms with Crippen molar-refractivity contribution in [1.82, 2.24) is 25.1 Å².